The van der Waals surface area contributed by atoms with Crippen LogP contribution in [0.5, 0.6) is 11.5 Å². The first kappa shape index (κ1) is 19.7. The monoisotopic (exact) mass is 401 g/mol. The Labute approximate surface area is 166 Å². The zero-order valence-corrected chi connectivity index (χ0v) is 16.3. The number of benzene rings is 2. The Bertz CT molecular complexity index is 1060. The first-order valence-electron chi connectivity index (χ1n) is 8.68. The molecule has 7 nitrogen and oxygen atoms in total. The number of halogens is 1. The lowest BCUT2D eigenvalue weighted by Gasteiger charge is -2.10. The molecule has 8 heteroatoms. The molecule has 0 bridgehead atoms. The lowest BCUT2D eigenvalue weighted by atomic mass is 10.2. The molecule has 0 fully saturated rings. The van der Waals surface area contributed by atoms with Crippen LogP contribution in [0, 0.1) is 0 Å². The van der Waals surface area contributed by atoms with Gasteiger partial charge in [0.1, 0.15) is 0 Å². The molecule has 0 unspecified atom stereocenters. The van der Waals surface area contributed by atoms with Crippen molar-refractivity contribution >= 4 is 34.1 Å². The van der Waals surface area contributed by atoms with Crippen LogP contribution >= 0.6 is 11.6 Å². The van der Waals surface area contributed by atoms with Crippen molar-refractivity contribution in [3.05, 3.63) is 58.1 Å². The highest BCUT2D eigenvalue weighted by molar-refractivity contribution is 6.30. The molecule has 0 spiro atoms. The van der Waals surface area contributed by atoms with E-state index in [1.54, 1.807) is 36.4 Å². The average molecular weight is 402 g/mol. The second-order valence-corrected chi connectivity index (χ2v) is 6.57. The van der Waals surface area contributed by atoms with Crippen LogP contribution in [0.4, 0.5) is 5.69 Å². The van der Waals surface area contributed by atoms with Crippen molar-refractivity contribution in [2.45, 2.75) is 19.4 Å². The molecule has 146 valence electrons. The molecule has 28 heavy (non-hydrogen) atoms. The van der Waals surface area contributed by atoms with E-state index >= 15 is 0 Å². The number of fused-ring (bicyclic) bond motifs is 1. The van der Waals surface area contributed by atoms with Gasteiger partial charge in [0.25, 0.3) is 5.56 Å². The number of hydrogen-bond acceptors (Lipinski definition) is 5. The lowest BCUT2D eigenvalue weighted by molar-refractivity contribution is -0.116. The maximum absolute atomic E-state index is 12.7. The molecule has 0 aliphatic heterocycles. The largest absolute Gasteiger partial charge is 0.493 e. The van der Waals surface area contributed by atoms with Gasteiger partial charge in [0, 0.05) is 29.7 Å². The van der Waals surface area contributed by atoms with Gasteiger partial charge >= 0.3 is 0 Å². The van der Waals surface area contributed by atoms with E-state index in [9.17, 15) is 9.59 Å². The summed E-state index contributed by atoms with van der Waals surface area (Å²) in [7, 11) is 3.04. The molecule has 0 aliphatic carbocycles. The number of nitrogens with one attached hydrogen (secondary N) is 1. The van der Waals surface area contributed by atoms with Crippen LogP contribution in [-0.4, -0.2) is 29.7 Å². The standard InChI is InChI=1S/C20H20ClN3O4/c1-27-17-10-15-16(11-18(17)28-2)22-12-24(20(15)26)8-4-7-19(25)23-14-6-3-5-13(21)9-14/h3,5-6,9-12H,4,7-8H2,1-2H3,(H,23,25). The van der Waals surface area contributed by atoms with E-state index in [1.807, 2.05) is 0 Å². The van der Waals surface area contributed by atoms with E-state index in [-0.39, 0.29) is 17.9 Å². The number of aryl methyl sites for hydroxylation is 1. The molecule has 0 radical (unpaired) electrons. The number of hydrogen-bond donors (Lipinski definition) is 1. The number of rotatable bonds is 7. The predicted molar refractivity (Wildman–Crippen MR) is 108 cm³/mol. The van der Waals surface area contributed by atoms with Crippen molar-refractivity contribution < 1.29 is 14.3 Å². The number of amides is 1. The van der Waals surface area contributed by atoms with Crippen molar-refractivity contribution in [1.82, 2.24) is 9.55 Å². The third-order valence-electron chi connectivity index (χ3n) is 4.24. The van der Waals surface area contributed by atoms with Gasteiger partial charge in [0.15, 0.2) is 11.5 Å². The number of carbonyl (C=O) groups excluding carboxylic acids is 1. The summed E-state index contributed by atoms with van der Waals surface area (Å²) in [5.74, 6) is 0.834. The van der Waals surface area contributed by atoms with Crippen LogP contribution in [-0.2, 0) is 11.3 Å². The first-order chi connectivity index (χ1) is 13.5. The van der Waals surface area contributed by atoms with Gasteiger partial charge in [0.2, 0.25) is 5.91 Å². The minimum atomic E-state index is -0.193. The molecule has 1 aromatic heterocycles. The molecule has 2 aromatic carbocycles. The van der Waals surface area contributed by atoms with Crippen LogP contribution in [0.2, 0.25) is 5.02 Å². The summed E-state index contributed by atoms with van der Waals surface area (Å²) in [6.07, 6.45) is 2.24. The molecule has 0 aliphatic rings. The van der Waals surface area contributed by atoms with E-state index in [4.69, 9.17) is 21.1 Å². The fraction of sp³-hybridized carbons (Fsp3) is 0.250. The third kappa shape index (κ3) is 4.43. The van der Waals surface area contributed by atoms with Gasteiger partial charge in [-0.3, -0.25) is 14.2 Å². The van der Waals surface area contributed by atoms with Gasteiger partial charge in [0.05, 0.1) is 31.4 Å². The van der Waals surface area contributed by atoms with Crippen molar-refractivity contribution in [2.24, 2.45) is 0 Å². The second kappa shape index (κ2) is 8.75. The van der Waals surface area contributed by atoms with Gasteiger partial charge in [-0.1, -0.05) is 17.7 Å². The average Bonchev–Trinajstić information content (AvgIpc) is 2.69. The smallest absolute Gasteiger partial charge is 0.261 e. The van der Waals surface area contributed by atoms with E-state index in [1.165, 1.54) is 25.1 Å². The molecule has 0 saturated carbocycles. The Hall–Kier alpha value is -3.06. The van der Waals surface area contributed by atoms with Crippen LogP contribution < -0.4 is 20.3 Å². The summed E-state index contributed by atoms with van der Waals surface area (Å²) >= 11 is 5.91. The second-order valence-electron chi connectivity index (χ2n) is 6.13. The van der Waals surface area contributed by atoms with Crippen LogP contribution in [0.15, 0.2) is 47.5 Å². The van der Waals surface area contributed by atoms with Gasteiger partial charge in [-0.15, -0.1) is 0 Å². The summed E-state index contributed by atoms with van der Waals surface area (Å²) in [5, 5.41) is 3.77. The molecule has 1 heterocycles. The minimum Gasteiger partial charge on any atom is -0.493 e. The number of carbonyl (C=O) groups is 1. The fourth-order valence-corrected chi connectivity index (χ4v) is 3.03. The van der Waals surface area contributed by atoms with Crippen LogP contribution in [0.25, 0.3) is 10.9 Å². The molecule has 3 aromatic rings. The van der Waals surface area contributed by atoms with Crippen molar-refractivity contribution in [3.8, 4) is 11.5 Å². The summed E-state index contributed by atoms with van der Waals surface area (Å²) < 4.78 is 12.0. The van der Waals surface area contributed by atoms with E-state index in [2.05, 4.69) is 10.3 Å². The quantitative estimate of drug-likeness (QED) is 0.655. The number of ether oxygens (including phenoxy) is 2. The van der Waals surface area contributed by atoms with Crippen molar-refractivity contribution in [3.63, 3.8) is 0 Å². The highest BCUT2D eigenvalue weighted by Crippen LogP contribution is 2.29. The van der Waals surface area contributed by atoms with Gasteiger partial charge < -0.3 is 14.8 Å². The molecule has 0 saturated heterocycles. The fourth-order valence-electron chi connectivity index (χ4n) is 2.84. The highest BCUT2D eigenvalue weighted by atomic mass is 35.5. The van der Waals surface area contributed by atoms with Gasteiger partial charge in [-0.05, 0) is 30.7 Å². The number of nitrogens with zero attached hydrogens (tertiary/aromatic N) is 2. The number of anilines is 1. The van der Waals surface area contributed by atoms with E-state index in [0.29, 0.717) is 46.1 Å². The Morgan fingerprint density at radius 3 is 2.64 bits per heavy atom. The van der Waals surface area contributed by atoms with E-state index in [0.717, 1.165) is 0 Å². The molecule has 1 N–H and O–H groups in total. The summed E-state index contributed by atoms with van der Waals surface area (Å²) in [4.78, 5) is 29.1. The lowest BCUT2D eigenvalue weighted by Crippen LogP contribution is -2.22. The van der Waals surface area contributed by atoms with Gasteiger partial charge in [-0.2, -0.15) is 0 Å². The molecule has 0 atom stereocenters. The molecule has 3 rings (SSSR count). The normalized spacial score (nSPS) is 10.7. The third-order valence-corrected chi connectivity index (χ3v) is 4.48. The number of aromatic nitrogens is 2. The van der Waals surface area contributed by atoms with Crippen LogP contribution in [0.1, 0.15) is 12.8 Å². The highest BCUT2D eigenvalue weighted by Gasteiger charge is 2.11. The zero-order valence-electron chi connectivity index (χ0n) is 15.6. The van der Waals surface area contributed by atoms with Crippen molar-refractivity contribution in [1.29, 1.82) is 0 Å². The molecule has 1 amide bonds. The predicted octanol–water partition coefficient (Wildman–Crippen LogP) is 3.49. The maximum Gasteiger partial charge on any atom is 0.261 e. The number of methoxy groups -OCH3 is 2. The van der Waals surface area contributed by atoms with Crippen molar-refractivity contribution in [2.75, 3.05) is 19.5 Å². The van der Waals surface area contributed by atoms with Gasteiger partial charge in [-0.25, -0.2) is 4.98 Å². The molecular formula is C20H20ClN3O4. The maximum atomic E-state index is 12.7. The first-order valence-corrected chi connectivity index (χ1v) is 9.06. The minimum absolute atomic E-state index is 0.143. The Morgan fingerprint density at radius 2 is 1.93 bits per heavy atom. The topological polar surface area (TPSA) is 82.5 Å². The Morgan fingerprint density at radius 1 is 1.18 bits per heavy atom. The Kier molecular flexibility index (Phi) is 6.16. The summed E-state index contributed by atoms with van der Waals surface area (Å²) in [5.41, 5.74) is 0.974. The zero-order chi connectivity index (χ0) is 20.1. The SMILES string of the molecule is COc1cc2ncn(CCCC(=O)Nc3cccc(Cl)c3)c(=O)c2cc1OC. The Balaban J connectivity index is 1.68. The van der Waals surface area contributed by atoms with E-state index < -0.39 is 0 Å². The van der Waals surface area contributed by atoms with Crippen LogP contribution in [0.3, 0.4) is 0 Å². The molecular weight excluding hydrogens is 382 g/mol. The summed E-state index contributed by atoms with van der Waals surface area (Å²) in [6, 6.07) is 10.2. The summed E-state index contributed by atoms with van der Waals surface area (Å²) in [6.45, 7) is 0.374.